The highest BCUT2D eigenvalue weighted by Crippen LogP contribution is 2.43. The van der Waals surface area contributed by atoms with E-state index in [1.165, 1.54) is 21.3 Å². The summed E-state index contributed by atoms with van der Waals surface area (Å²) in [5, 5.41) is 13.5. The van der Waals surface area contributed by atoms with Gasteiger partial charge in [-0.05, 0) is 40.5 Å². The number of hydrogen-bond acceptors (Lipinski definition) is 6. The van der Waals surface area contributed by atoms with E-state index in [1.807, 2.05) is 18.2 Å². The van der Waals surface area contributed by atoms with E-state index in [-0.39, 0.29) is 12.5 Å². The zero-order valence-corrected chi connectivity index (χ0v) is 17.8. The minimum atomic E-state index is -1.07. The molecule has 0 aromatic heterocycles. The molecule has 0 radical (unpaired) electrons. The van der Waals surface area contributed by atoms with E-state index < -0.39 is 18.0 Å². The van der Waals surface area contributed by atoms with E-state index in [0.29, 0.717) is 29.2 Å². The van der Waals surface area contributed by atoms with Crippen LogP contribution in [0.2, 0.25) is 0 Å². The van der Waals surface area contributed by atoms with E-state index in [9.17, 15) is 9.90 Å². The number of esters is 1. The minimum Gasteiger partial charge on any atom is -0.493 e. The summed E-state index contributed by atoms with van der Waals surface area (Å²) >= 11 is 0. The highest BCUT2D eigenvalue weighted by atomic mass is 16.5. The van der Waals surface area contributed by atoms with Gasteiger partial charge in [-0.2, -0.15) is 0 Å². The Hall–Kier alpha value is -3.25. The molecule has 0 saturated carbocycles. The molecule has 0 bridgehead atoms. The first-order chi connectivity index (χ1) is 15.1. The van der Waals surface area contributed by atoms with Crippen molar-refractivity contribution in [2.24, 2.45) is 11.8 Å². The zero-order chi connectivity index (χ0) is 22.0. The first-order valence-corrected chi connectivity index (χ1v) is 10.2. The Morgan fingerprint density at radius 1 is 1.00 bits per heavy atom. The second kappa shape index (κ2) is 8.86. The van der Waals surface area contributed by atoms with Crippen LogP contribution in [0.3, 0.4) is 0 Å². The Morgan fingerprint density at radius 3 is 2.35 bits per heavy atom. The average Bonchev–Trinajstić information content (AvgIpc) is 3.17. The Labute approximate surface area is 181 Å². The van der Waals surface area contributed by atoms with Crippen molar-refractivity contribution in [2.75, 3.05) is 27.9 Å². The first-order valence-electron chi connectivity index (χ1n) is 10.2. The maximum Gasteiger partial charge on any atom is 0.312 e. The number of benzene rings is 3. The van der Waals surface area contributed by atoms with Gasteiger partial charge in [0.15, 0.2) is 11.5 Å². The van der Waals surface area contributed by atoms with Crippen LogP contribution in [0.4, 0.5) is 0 Å². The Kier molecular flexibility index (Phi) is 6.00. The minimum absolute atomic E-state index is 0.160. The second-order valence-electron chi connectivity index (χ2n) is 7.66. The van der Waals surface area contributed by atoms with Crippen LogP contribution in [0.5, 0.6) is 17.2 Å². The fraction of sp³-hybridized carbons (Fsp3) is 0.320. The predicted octanol–water partition coefficient (Wildman–Crippen LogP) is 3.93. The molecule has 0 amide bonds. The summed E-state index contributed by atoms with van der Waals surface area (Å²) in [5.74, 6) is 0.0312. The first kappa shape index (κ1) is 21.0. The smallest absolute Gasteiger partial charge is 0.312 e. The Morgan fingerprint density at radius 2 is 1.68 bits per heavy atom. The average molecular weight is 422 g/mol. The molecular formula is C25H26O6. The maximum absolute atomic E-state index is 12.6. The van der Waals surface area contributed by atoms with Crippen molar-refractivity contribution in [3.8, 4) is 17.2 Å². The molecular weight excluding hydrogens is 396 g/mol. The van der Waals surface area contributed by atoms with Gasteiger partial charge in [0.1, 0.15) is 0 Å². The number of aliphatic hydroxyl groups is 1. The quantitative estimate of drug-likeness (QED) is 0.582. The number of cyclic esters (lactones) is 1. The van der Waals surface area contributed by atoms with Crippen LogP contribution in [0.15, 0.2) is 54.6 Å². The van der Waals surface area contributed by atoms with Crippen molar-refractivity contribution in [2.45, 2.75) is 12.5 Å². The molecule has 162 valence electrons. The van der Waals surface area contributed by atoms with Crippen molar-refractivity contribution < 1.29 is 28.8 Å². The van der Waals surface area contributed by atoms with Gasteiger partial charge in [-0.3, -0.25) is 4.79 Å². The zero-order valence-electron chi connectivity index (χ0n) is 17.8. The van der Waals surface area contributed by atoms with E-state index in [4.69, 9.17) is 18.9 Å². The predicted molar refractivity (Wildman–Crippen MR) is 117 cm³/mol. The van der Waals surface area contributed by atoms with Gasteiger partial charge in [0.2, 0.25) is 5.75 Å². The standard InChI is InChI=1S/C25H26O6/c1-28-20-12-17(13-21(29-2)24(20)30-3)23(26)22-18(14-31-25(22)27)11-16-9-6-8-15-7-4-5-10-19(15)16/h4-10,12-13,18,22-23,26H,11,14H2,1-3H3/t18-,22-,23-/m1/s1. The van der Waals surface area contributed by atoms with Crippen molar-refractivity contribution >= 4 is 16.7 Å². The van der Waals surface area contributed by atoms with E-state index in [2.05, 4.69) is 24.3 Å². The molecule has 3 aromatic carbocycles. The molecule has 1 fully saturated rings. The summed E-state index contributed by atoms with van der Waals surface area (Å²) in [7, 11) is 4.55. The molecule has 1 heterocycles. The van der Waals surface area contributed by atoms with Crippen molar-refractivity contribution in [1.29, 1.82) is 0 Å². The molecule has 1 aliphatic heterocycles. The normalized spacial score (nSPS) is 19.2. The largest absolute Gasteiger partial charge is 0.493 e. The molecule has 0 spiro atoms. The van der Waals surface area contributed by atoms with Crippen LogP contribution >= 0.6 is 0 Å². The van der Waals surface area contributed by atoms with Crippen LogP contribution in [0.1, 0.15) is 17.2 Å². The Balaban J connectivity index is 1.67. The van der Waals surface area contributed by atoms with E-state index in [1.54, 1.807) is 12.1 Å². The van der Waals surface area contributed by atoms with Crippen LogP contribution in [0.25, 0.3) is 10.8 Å². The number of hydrogen-bond donors (Lipinski definition) is 1. The van der Waals surface area contributed by atoms with Gasteiger partial charge in [-0.25, -0.2) is 0 Å². The van der Waals surface area contributed by atoms with Crippen LogP contribution < -0.4 is 14.2 Å². The summed E-state index contributed by atoms with van der Waals surface area (Å²) in [6, 6.07) is 17.6. The van der Waals surface area contributed by atoms with Gasteiger partial charge in [0.05, 0.1) is 40.0 Å². The lowest BCUT2D eigenvalue weighted by atomic mass is 9.82. The van der Waals surface area contributed by atoms with E-state index >= 15 is 0 Å². The number of aliphatic hydroxyl groups excluding tert-OH is 1. The maximum atomic E-state index is 12.6. The Bertz CT molecular complexity index is 1060. The summed E-state index contributed by atoms with van der Waals surface area (Å²) in [6.45, 7) is 0.272. The molecule has 3 atom stereocenters. The highest BCUT2D eigenvalue weighted by Gasteiger charge is 2.43. The second-order valence-corrected chi connectivity index (χ2v) is 7.66. The van der Waals surface area contributed by atoms with E-state index in [0.717, 1.165) is 16.3 Å². The third-order valence-electron chi connectivity index (χ3n) is 5.95. The molecule has 1 saturated heterocycles. The molecule has 4 rings (SSSR count). The number of rotatable bonds is 7. The summed E-state index contributed by atoms with van der Waals surface area (Å²) in [6.07, 6.45) is -0.442. The highest BCUT2D eigenvalue weighted by molar-refractivity contribution is 5.86. The molecule has 6 nitrogen and oxygen atoms in total. The van der Waals surface area contributed by atoms with Gasteiger partial charge in [-0.1, -0.05) is 42.5 Å². The third-order valence-corrected chi connectivity index (χ3v) is 5.95. The van der Waals surface area contributed by atoms with Gasteiger partial charge in [-0.15, -0.1) is 0 Å². The summed E-state index contributed by atoms with van der Waals surface area (Å²) < 4.78 is 21.5. The molecule has 1 aliphatic rings. The monoisotopic (exact) mass is 422 g/mol. The molecule has 6 heteroatoms. The topological polar surface area (TPSA) is 74.2 Å². The molecule has 1 N–H and O–H groups in total. The number of carbonyl (C=O) groups is 1. The molecule has 31 heavy (non-hydrogen) atoms. The number of fused-ring (bicyclic) bond motifs is 1. The third kappa shape index (κ3) is 3.91. The SMILES string of the molecule is COc1cc([C@@H](O)[C@@H]2C(=O)OC[C@H]2Cc2cccc3ccccc23)cc(OC)c1OC. The van der Waals surface area contributed by atoms with Crippen molar-refractivity contribution in [3.05, 3.63) is 65.7 Å². The fourth-order valence-electron chi connectivity index (χ4n) is 4.39. The lowest BCUT2D eigenvalue weighted by Gasteiger charge is -2.23. The lowest BCUT2D eigenvalue weighted by Crippen LogP contribution is -2.25. The van der Waals surface area contributed by atoms with Crippen molar-refractivity contribution in [1.82, 2.24) is 0 Å². The fourth-order valence-corrected chi connectivity index (χ4v) is 4.39. The lowest BCUT2D eigenvalue weighted by molar-refractivity contribution is -0.144. The molecule has 0 aliphatic carbocycles. The molecule has 3 aromatic rings. The van der Waals surface area contributed by atoms with Gasteiger partial charge < -0.3 is 24.1 Å². The summed E-state index contributed by atoms with van der Waals surface area (Å²) in [5.41, 5.74) is 1.64. The van der Waals surface area contributed by atoms with Gasteiger partial charge >= 0.3 is 5.97 Å². The van der Waals surface area contributed by atoms with Crippen LogP contribution in [-0.4, -0.2) is 39.0 Å². The van der Waals surface area contributed by atoms with Crippen LogP contribution in [0, 0.1) is 11.8 Å². The molecule has 0 unspecified atom stereocenters. The van der Waals surface area contributed by atoms with Gasteiger partial charge in [0, 0.05) is 5.92 Å². The number of ether oxygens (including phenoxy) is 4. The van der Waals surface area contributed by atoms with Crippen molar-refractivity contribution in [3.63, 3.8) is 0 Å². The summed E-state index contributed by atoms with van der Waals surface area (Å²) in [4.78, 5) is 12.6. The number of methoxy groups -OCH3 is 3. The van der Waals surface area contributed by atoms with Crippen LogP contribution in [-0.2, 0) is 16.0 Å². The van der Waals surface area contributed by atoms with Gasteiger partial charge in [0.25, 0.3) is 0 Å². The number of carbonyl (C=O) groups excluding carboxylic acids is 1.